The van der Waals surface area contributed by atoms with Gasteiger partial charge in [-0.05, 0) is 31.4 Å². The number of nitrogens with two attached hydrogens (primary N) is 1. The summed E-state index contributed by atoms with van der Waals surface area (Å²) in [4.78, 5) is 11.7. The zero-order valence-electron chi connectivity index (χ0n) is 12.6. The van der Waals surface area contributed by atoms with E-state index in [4.69, 9.17) is 15.5 Å². The van der Waals surface area contributed by atoms with Crippen LogP contribution in [0.2, 0.25) is 0 Å². The molecule has 0 fully saturated rings. The maximum absolute atomic E-state index is 5.89. The van der Waals surface area contributed by atoms with Crippen molar-refractivity contribution < 1.29 is 4.74 Å². The monoisotopic (exact) mass is 344 g/mol. The minimum Gasteiger partial charge on any atom is -0.495 e. The van der Waals surface area contributed by atoms with Crippen LogP contribution in [0, 0.1) is 0 Å². The second-order valence-corrected chi connectivity index (χ2v) is 7.41. The molecule has 0 radical (unpaired) electrons. The molecule has 0 saturated heterocycles. The Kier molecular flexibility index (Phi) is 3.66. The van der Waals surface area contributed by atoms with Crippen LogP contribution in [0.3, 0.4) is 0 Å². The maximum Gasteiger partial charge on any atom is 0.188 e. The number of aryl methyl sites for hydroxylation is 2. The second kappa shape index (κ2) is 5.82. The molecule has 0 atom stereocenters. The van der Waals surface area contributed by atoms with Gasteiger partial charge in [0.2, 0.25) is 0 Å². The Morgan fingerprint density at radius 2 is 2.04 bits per heavy atom. The van der Waals surface area contributed by atoms with Crippen molar-refractivity contribution >= 4 is 38.6 Å². The number of anilines is 3. The molecule has 1 aliphatic carbocycles. The van der Waals surface area contributed by atoms with Gasteiger partial charge in [-0.3, -0.25) is 0 Å². The molecule has 4 rings (SSSR count). The molecule has 1 aliphatic rings. The quantitative estimate of drug-likeness (QED) is 0.749. The topological polar surface area (TPSA) is 73.1 Å². The van der Waals surface area contributed by atoms with Crippen LogP contribution in [-0.4, -0.2) is 17.1 Å². The molecular formula is C16H16N4OS2. The number of para-hydroxylation sites is 2. The Morgan fingerprint density at radius 1 is 1.17 bits per heavy atom. The van der Waals surface area contributed by atoms with Gasteiger partial charge in [0.1, 0.15) is 5.75 Å². The summed E-state index contributed by atoms with van der Waals surface area (Å²) in [6.07, 6.45) is 3.09. The summed E-state index contributed by atoms with van der Waals surface area (Å²) in [5.74, 6) is 0.806. The van der Waals surface area contributed by atoms with E-state index in [1.807, 2.05) is 24.3 Å². The number of methoxy groups -OCH3 is 1. The first-order valence-electron chi connectivity index (χ1n) is 7.40. The van der Waals surface area contributed by atoms with E-state index in [1.54, 1.807) is 18.4 Å². The summed E-state index contributed by atoms with van der Waals surface area (Å²) < 4.78 is 5.39. The first kappa shape index (κ1) is 14.5. The Balaban J connectivity index is 1.72. The minimum atomic E-state index is 0.620. The van der Waals surface area contributed by atoms with Crippen molar-refractivity contribution in [2.45, 2.75) is 19.3 Å². The van der Waals surface area contributed by atoms with Crippen LogP contribution < -0.4 is 15.8 Å². The molecule has 2 aromatic heterocycles. The van der Waals surface area contributed by atoms with Gasteiger partial charge >= 0.3 is 0 Å². The van der Waals surface area contributed by atoms with E-state index in [-0.39, 0.29) is 0 Å². The van der Waals surface area contributed by atoms with Crippen molar-refractivity contribution in [2.75, 3.05) is 18.2 Å². The largest absolute Gasteiger partial charge is 0.495 e. The van der Waals surface area contributed by atoms with Crippen LogP contribution in [0.15, 0.2) is 24.3 Å². The second-order valence-electron chi connectivity index (χ2n) is 5.30. The summed E-state index contributed by atoms with van der Waals surface area (Å²) in [7, 11) is 1.67. The summed E-state index contributed by atoms with van der Waals surface area (Å²) in [5.41, 5.74) is 8.92. The van der Waals surface area contributed by atoms with E-state index in [1.165, 1.54) is 16.2 Å². The molecule has 3 aromatic rings. The van der Waals surface area contributed by atoms with Crippen LogP contribution in [0.4, 0.5) is 16.0 Å². The van der Waals surface area contributed by atoms with Crippen LogP contribution in [-0.2, 0) is 12.8 Å². The molecule has 118 valence electrons. The third-order valence-corrected chi connectivity index (χ3v) is 5.76. The van der Waals surface area contributed by atoms with Crippen molar-refractivity contribution in [2.24, 2.45) is 0 Å². The number of benzene rings is 1. The molecule has 7 heteroatoms. The number of nitrogens with zero attached hydrogens (tertiary/aromatic N) is 2. The highest BCUT2D eigenvalue weighted by Gasteiger charge is 2.23. The van der Waals surface area contributed by atoms with Gasteiger partial charge in [-0.1, -0.05) is 23.5 Å². The summed E-state index contributed by atoms with van der Waals surface area (Å²) in [6.45, 7) is 0. The molecule has 2 heterocycles. The van der Waals surface area contributed by atoms with Gasteiger partial charge in [-0.2, -0.15) is 0 Å². The van der Waals surface area contributed by atoms with Gasteiger partial charge in [0, 0.05) is 4.88 Å². The van der Waals surface area contributed by atoms with E-state index < -0.39 is 0 Å². The van der Waals surface area contributed by atoms with Gasteiger partial charge in [0.05, 0.1) is 29.1 Å². The van der Waals surface area contributed by atoms with E-state index in [9.17, 15) is 0 Å². The predicted octanol–water partition coefficient (Wildman–Crippen LogP) is 4.09. The Morgan fingerprint density at radius 3 is 2.91 bits per heavy atom. The smallest absolute Gasteiger partial charge is 0.188 e. The zero-order chi connectivity index (χ0) is 15.8. The molecule has 23 heavy (non-hydrogen) atoms. The molecular weight excluding hydrogens is 328 g/mol. The lowest BCUT2D eigenvalue weighted by atomic mass is 10.2. The van der Waals surface area contributed by atoms with Crippen LogP contribution in [0.1, 0.15) is 17.0 Å². The third-order valence-electron chi connectivity index (χ3n) is 3.79. The van der Waals surface area contributed by atoms with Crippen LogP contribution in [0.5, 0.6) is 5.75 Å². The van der Waals surface area contributed by atoms with Crippen molar-refractivity contribution in [1.29, 1.82) is 0 Å². The highest BCUT2D eigenvalue weighted by Crippen LogP contribution is 2.42. The van der Waals surface area contributed by atoms with Crippen molar-refractivity contribution in [3.63, 3.8) is 0 Å². The lowest BCUT2D eigenvalue weighted by molar-refractivity contribution is 0.417. The lowest BCUT2D eigenvalue weighted by Gasteiger charge is -2.08. The Labute approximate surface area is 142 Å². The third kappa shape index (κ3) is 2.66. The average molecular weight is 344 g/mol. The number of hydrogen-bond donors (Lipinski definition) is 2. The highest BCUT2D eigenvalue weighted by atomic mass is 32.1. The molecule has 0 bridgehead atoms. The van der Waals surface area contributed by atoms with Crippen molar-refractivity contribution in [3.8, 4) is 16.3 Å². The molecule has 5 nitrogen and oxygen atoms in total. The Bertz CT molecular complexity index is 856. The fourth-order valence-corrected chi connectivity index (χ4v) is 4.74. The number of fused-ring (bicyclic) bond motifs is 3. The fourth-order valence-electron chi connectivity index (χ4n) is 2.76. The normalized spacial score (nSPS) is 13.1. The van der Waals surface area contributed by atoms with Gasteiger partial charge in [0.25, 0.3) is 0 Å². The Hall–Kier alpha value is -2.12. The number of thiazole rings is 2. The molecule has 3 N–H and O–H groups in total. The summed E-state index contributed by atoms with van der Waals surface area (Å²) >= 11 is 3.23. The predicted molar refractivity (Wildman–Crippen MR) is 95.9 cm³/mol. The van der Waals surface area contributed by atoms with E-state index >= 15 is 0 Å². The average Bonchev–Trinajstić information content (AvgIpc) is 3.08. The van der Waals surface area contributed by atoms with Gasteiger partial charge < -0.3 is 15.8 Å². The number of hydrogen-bond acceptors (Lipinski definition) is 7. The van der Waals surface area contributed by atoms with Gasteiger partial charge in [-0.15, -0.1) is 11.3 Å². The first-order valence-corrected chi connectivity index (χ1v) is 9.03. The van der Waals surface area contributed by atoms with E-state index in [0.29, 0.717) is 5.13 Å². The molecule has 1 aromatic carbocycles. The number of nitrogen functional groups attached to an aromatic ring is 1. The van der Waals surface area contributed by atoms with Gasteiger partial charge in [0.15, 0.2) is 10.3 Å². The molecule has 0 saturated carbocycles. The summed E-state index contributed by atoms with van der Waals surface area (Å²) in [5, 5.41) is 4.87. The number of ether oxygens (including phenoxy) is 1. The molecule has 0 amide bonds. The zero-order valence-corrected chi connectivity index (χ0v) is 14.3. The molecule has 0 unspecified atom stereocenters. The van der Waals surface area contributed by atoms with Crippen LogP contribution >= 0.6 is 22.7 Å². The van der Waals surface area contributed by atoms with Gasteiger partial charge in [-0.25, -0.2) is 9.97 Å². The van der Waals surface area contributed by atoms with E-state index in [0.717, 1.165) is 52.1 Å². The number of rotatable bonds is 3. The van der Waals surface area contributed by atoms with E-state index in [2.05, 4.69) is 10.3 Å². The maximum atomic E-state index is 5.89. The summed E-state index contributed by atoms with van der Waals surface area (Å²) in [6, 6.07) is 7.85. The number of nitrogens with one attached hydrogen (secondary N) is 1. The first-order chi connectivity index (χ1) is 11.2. The number of aromatic nitrogens is 2. The standard InChI is InChI=1S/C16H16N4OS2/c1-21-11-7-3-2-5-9(11)19-16-20-13-12(22-16)8-4-6-10-14(13)23-15(17)18-10/h2-3,5,7H,4,6,8H2,1H3,(H2,17,18)(H,19,20). The van der Waals surface area contributed by atoms with Crippen molar-refractivity contribution in [3.05, 3.63) is 34.8 Å². The lowest BCUT2D eigenvalue weighted by Crippen LogP contribution is -1.94. The SMILES string of the molecule is COc1ccccc1Nc1nc2c(s1)CCCc1nc(N)sc1-2. The minimum absolute atomic E-state index is 0.620. The fraction of sp³-hybridized carbons (Fsp3) is 0.250. The highest BCUT2D eigenvalue weighted by molar-refractivity contribution is 7.20. The van der Waals surface area contributed by atoms with Crippen LogP contribution in [0.25, 0.3) is 10.6 Å². The molecule has 0 aliphatic heterocycles. The van der Waals surface area contributed by atoms with Crippen molar-refractivity contribution in [1.82, 2.24) is 9.97 Å². The molecule has 0 spiro atoms.